The second kappa shape index (κ2) is 11.5. The first-order valence-corrected chi connectivity index (χ1v) is 11.4. The fraction of sp³-hybridized carbons (Fsp3) is 0.792. The van der Waals surface area contributed by atoms with Crippen LogP contribution in [0.5, 0.6) is 0 Å². The third-order valence-corrected chi connectivity index (χ3v) is 6.50. The van der Waals surface area contributed by atoms with Crippen LogP contribution in [0.25, 0.3) is 0 Å². The maximum atomic E-state index is 13.2. The summed E-state index contributed by atoms with van der Waals surface area (Å²) in [6, 6.07) is 0. The lowest BCUT2D eigenvalue weighted by molar-refractivity contribution is -0.131. The minimum Gasteiger partial charge on any atom is -0.474 e. The second-order valence-corrected chi connectivity index (χ2v) is 9.47. The van der Waals surface area contributed by atoms with Crippen LogP contribution in [0.3, 0.4) is 0 Å². The number of nitrogens with zero attached hydrogens (tertiary/aromatic N) is 1. The molecule has 0 aromatic rings. The Bertz CT molecular complexity index is 663. The predicted molar refractivity (Wildman–Crippen MR) is 122 cm³/mol. The first-order chi connectivity index (χ1) is 14.6. The number of nitrogens with one attached hydrogen (secondary N) is 1. The van der Waals surface area contributed by atoms with E-state index < -0.39 is 11.1 Å². The van der Waals surface area contributed by atoms with Crippen LogP contribution in [0.15, 0.2) is 23.1 Å². The Labute approximate surface area is 188 Å². The Balaban J connectivity index is 2.08. The fourth-order valence-electron chi connectivity index (χ4n) is 3.92. The lowest BCUT2D eigenvalue weighted by atomic mass is 9.90. The van der Waals surface area contributed by atoms with E-state index in [1.165, 1.54) is 5.57 Å². The van der Waals surface area contributed by atoms with Crippen molar-refractivity contribution in [1.82, 2.24) is 10.2 Å². The molecule has 178 valence electrons. The molecule has 0 bridgehead atoms. The summed E-state index contributed by atoms with van der Waals surface area (Å²) in [6.45, 7) is 14.1. The summed E-state index contributed by atoms with van der Waals surface area (Å²) in [4.78, 5) is 15.3. The molecule has 0 spiro atoms. The third kappa shape index (κ3) is 7.04. The van der Waals surface area contributed by atoms with Crippen molar-refractivity contribution in [2.45, 2.75) is 65.0 Å². The van der Waals surface area contributed by atoms with Crippen molar-refractivity contribution in [3.8, 4) is 0 Å². The zero-order valence-electron chi connectivity index (χ0n) is 20.5. The quantitative estimate of drug-likeness (QED) is 0.500. The van der Waals surface area contributed by atoms with Gasteiger partial charge >= 0.3 is 0 Å². The topological polar surface area (TPSA) is 69.3 Å². The highest BCUT2D eigenvalue weighted by Crippen LogP contribution is 2.31. The van der Waals surface area contributed by atoms with E-state index in [1.807, 2.05) is 40.8 Å². The van der Waals surface area contributed by atoms with Gasteiger partial charge in [-0.2, -0.15) is 0 Å². The summed E-state index contributed by atoms with van der Waals surface area (Å²) in [7, 11) is 3.67. The molecule has 2 rings (SSSR count). The molecule has 0 saturated carbocycles. The minimum absolute atomic E-state index is 0.0780. The monoisotopic (exact) mass is 438 g/mol. The molecule has 1 amide bonds. The van der Waals surface area contributed by atoms with Gasteiger partial charge in [0.25, 0.3) is 0 Å². The van der Waals surface area contributed by atoms with Crippen LogP contribution in [-0.4, -0.2) is 75.7 Å². The van der Waals surface area contributed by atoms with Crippen molar-refractivity contribution >= 4 is 5.91 Å². The number of carbonyl (C=O) groups is 1. The molecule has 0 aromatic heterocycles. The van der Waals surface area contributed by atoms with Gasteiger partial charge in [0, 0.05) is 32.9 Å². The third-order valence-electron chi connectivity index (χ3n) is 6.50. The summed E-state index contributed by atoms with van der Waals surface area (Å²) in [6.07, 6.45) is 4.87. The Morgan fingerprint density at radius 3 is 2.52 bits per heavy atom. The fourth-order valence-corrected chi connectivity index (χ4v) is 3.92. The largest absolute Gasteiger partial charge is 0.474 e. The lowest BCUT2D eigenvalue weighted by Crippen LogP contribution is -2.54. The number of ether oxygens (including phenoxy) is 4. The van der Waals surface area contributed by atoms with Gasteiger partial charge < -0.3 is 18.9 Å². The first kappa shape index (κ1) is 25.8. The van der Waals surface area contributed by atoms with E-state index in [4.69, 9.17) is 18.9 Å². The molecule has 0 aliphatic carbocycles. The Hall–Kier alpha value is -1.41. The number of hydrogen-bond donors (Lipinski definition) is 1. The highest BCUT2D eigenvalue weighted by Gasteiger charge is 2.35. The molecular weight excluding hydrogens is 396 g/mol. The highest BCUT2D eigenvalue weighted by atomic mass is 16.5. The van der Waals surface area contributed by atoms with Crippen LogP contribution in [0.4, 0.5) is 0 Å². The van der Waals surface area contributed by atoms with E-state index in [0.717, 1.165) is 44.6 Å². The van der Waals surface area contributed by atoms with Crippen LogP contribution < -0.4 is 5.32 Å². The zero-order chi connectivity index (χ0) is 23.1. The molecule has 2 aliphatic heterocycles. The molecule has 1 saturated heterocycles. The Morgan fingerprint density at radius 1 is 1.23 bits per heavy atom. The van der Waals surface area contributed by atoms with E-state index in [1.54, 1.807) is 7.11 Å². The first-order valence-electron chi connectivity index (χ1n) is 11.4. The number of rotatable bonds is 11. The molecule has 2 aliphatic rings. The SMILES string of the molecule is CCC1=C(C(C)(C)OCCOC)C=C(NC(=O)C(C)(C)N(C)CC2CCOCC2)OC1. The van der Waals surface area contributed by atoms with Gasteiger partial charge in [0.15, 0.2) is 5.88 Å². The van der Waals surface area contributed by atoms with Crippen LogP contribution in [0.1, 0.15) is 53.9 Å². The Morgan fingerprint density at radius 2 is 1.90 bits per heavy atom. The lowest BCUT2D eigenvalue weighted by Gasteiger charge is -2.38. The van der Waals surface area contributed by atoms with Gasteiger partial charge in [-0.25, -0.2) is 0 Å². The van der Waals surface area contributed by atoms with E-state index in [2.05, 4.69) is 17.1 Å². The molecule has 0 unspecified atom stereocenters. The van der Waals surface area contributed by atoms with Gasteiger partial charge in [-0.1, -0.05) is 6.92 Å². The van der Waals surface area contributed by atoms with Gasteiger partial charge in [-0.3, -0.25) is 15.0 Å². The van der Waals surface area contributed by atoms with Crippen molar-refractivity contribution in [3.63, 3.8) is 0 Å². The summed E-state index contributed by atoms with van der Waals surface area (Å²) >= 11 is 0. The van der Waals surface area contributed by atoms with Gasteiger partial charge in [-0.15, -0.1) is 0 Å². The number of amides is 1. The van der Waals surface area contributed by atoms with Gasteiger partial charge in [0.2, 0.25) is 5.91 Å². The maximum absolute atomic E-state index is 13.2. The molecular formula is C24H42N2O5. The highest BCUT2D eigenvalue weighted by molar-refractivity contribution is 5.86. The number of carbonyl (C=O) groups excluding carboxylic acids is 1. The summed E-state index contributed by atoms with van der Waals surface area (Å²) < 4.78 is 22.5. The molecule has 1 fully saturated rings. The van der Waals surface area contributed by atoms with E-state index in [-0.39, 0.29) is 5.91 Å². The number of hydrogen-bond acceptors (Lipinski definition) is 6. The smallest absolute Gasteiger partial charge is 0.246 e. The average molecular weight is 439 g/mol. The number of methoxy groups -OCH3 is 1. The van der Waals surface area contributed by atoms with Crippen LogP contribution in [0.2, 0.25) is 0 Å². The molecule has 0 aromatic carbocycles. The summed E-state index contributed by atoms with van der Waals surface area (Å²) in [5.74, 6) is 0.960. The van der Waals surface area contributed by atoms with Crippen LogP contribution >= 0.6 is 0 Å². The van der Waals surface area contributed by atoms with Gasteiger partial charge in [0.1, 0.15) is 6.61 Å². The molecule has 31 heavy (non-hydrogen) atoms. The van der Waals surface area contributed by atoms with Crippen molar-refractivity contribution < 1.29 is 23.7 Å². The van der Waals surface area contributed by atoms with Crippen LogP contribution in [0, 0.1) is 5.92 Å². The Kier molecular flexibility index (Phi) is 9.55. The molecule has 7 heteroatoms. The normalized spacial score (nSPS) is 18.8. The van der Waals surface area contributed by atoms with E-state index in [9.17, 15) is 4.79 Å². The minimum atomic E-state index is -0.665. The second-order valence-electron chi connectivity index (χ2n) is 9.47. The van der Waals surface area contributed by atoms with E-state index in [0.29, 0.717) is 31.6 Å². The van der Waals surface area contributed by atoms with Crippen molar-refractivity contribution in [3.05, 3.63) is 23.1 Å². The maximum Gasteiger partial charge on any atom is 0.246 e. The number of likely N-dealkylation sites (N-methyl/N-ethyl adjacent to an activating group) is 1. The summed E-state index contributed by atoms with van der Waals surface area (Å²) in [5, 5.41) is 3.01. The molecule has 7 nitrogen and oxygen atoms in total. The van der Waals surface area contributed by atoms with Crippen molar-refractivity contribution in [1.29, 1.82) is 0 Å². The summed E-state index contributed by atoms with van der Waals surface area (Å²) in [5.41, 5.74) is 1.07. The van der Waals surface area contributed by atoms with Crippen molar-refractivity contribution in [2.24, 2.45) is 5.92 Å². The van der Waals surface area contributed by atoms with Gasteiger partial charge in [-0.05, 0) is 71.1 Å². The predicted octanol–water partition coefficient (Wildman–Crippen LogP) is 3.26. The standard InChI is InChI=1S/C24H42N2O5/c1-8-19-17-30-21(15-20(19)24(4,5)31-14-13-28-7)25-22(27)23(2,3)26(6)16-18-9-11-29-12-10-18/h15,18H,8-14,16-17H2,1-7H3,(H,25,27). The zero-order valence-corrected chi connectivity index (χ0v) is 20.5. The molecule has 1 N–H and O–H groups in total. The molecule has 2 heterocycles. The van der Waals surface area contributed by atoms with Gasteiger partial charge in [0.05, 0.1) is 24.4 Å². The van der Waals surface area contributed by atoms with E-state index >= 15 is 0 Å². The van der Waals surface area contributed by atoms with Crippen molar-refractivity contribution in [2.75, 3.05) is 53.7 Å². The average Bonchev–Trinajstić information content (AvgIpc) is 2.74. The molecule has 0 atom stereocenters. The molecule has 0 radical (unpaired) electrons. The van der Waals surface area contributed by atoms with Crippen LogP contribution in [-0.2, 0) is 23.7 Å².